The minimum atomic E-state index is 0. The zero-order valence-electron chi connectivity index (χ0n) is 16.4. The summed E-state index contributed by atoms with van der Waals surface area (Å²) in [6.07, 6.45) is 2.64. The molecule has 27 heavy (non-hydrogen) atoms. The molecule has 2 fully saturated rings. The topological polar surface area (TPSA) is 62.0 Å². The molecule has 2 aliphatic rings. The lowest BCUT2D eigenvalue weighted by Gasteiger charge is -2.32. The van der Waals surface area contributed by atoms with E-state index in [-0.39, 0.29) is 30.0 Å². The van der Waals surface area contributed by atoms with E-state index in [1.807, 2.05) is 13.0 Å². The standard InChI is InChI=1S/C19H32N4O2S.HI/c1-3-20-19(21-13-16-5-4-12-26-16)22-14-17(18-7-6-15(2)25-18)23-8-10-24-11-9-23;/h6-7,16-17H,3-5,8-14H2,1-2H3,(H2,20,21,22);1H. The highest BCUT2D eigenvalue weighted by Crippen LogP contribution is 2.26. The molecule has 3 heterocycles. The van der Waals surface area contributed by atoms with E-state index in [4.69, 9.17) is 14.1 Å². The fourth-order valence-electron chi connectivity index (χ4n) is 3.44. The monoisotopic (exact) mass is 508 g/mol. The Morgan fingerprint density at radius 2 is 2.15 bits per heavy atom. The number of thioether (sulfide) groups is 1. The summed E-state index contributed by atoms with van der Waals surface area (Å²) in [5, 5.41) is 7.61. The van der Waals surface area contributed by atoms with Gasteiger partial charge >= 0.3 is 0 Å². The molecular formula is C19H33IN4O2S. The van der Waals surface area contributed by atoms with Crippen molar-refractivity contribution in [2.75, 3.05) is 51.7 Å². The Kier molecular flexibility index (Phi) is 10.3. The third-order valence-corrected chi connectivity index (χ3v) is 6.26. The van der Waals surface area contributed by atoms with Crippen molar-refractivity contribution >= 4 is 41.7 Å². The molecule has 154 valence electrons. The fourth-order valence-corrected chi connectivity index (χ4v) is 4.64. The van der Waals surface area contributed by atoms with Crippen LogP contribution in [0.3, 0.4) is 0 Å². The van der Waals surface area contributed by atoms with Crippen molar-refractivity contribution in [1.29, 1.82) is 0 Å². The Hall–Kier alpha value is -0.450. The molecule has 0 saturated carbocycles. The molecule has 0 radical (unpaired) electrons. The first-order valence-electron chi connectivity index (χ1n) is 9.78. The number of hydrogen-bond acceptors (Lipinski definition) is 5. The number of furan rings is 1. The normalized spacial score (nSPS) is 22.3. The van der Waals surface area contributed by atoms with Crippen molar-refractivity contribution in [3.05, 3.63) is 23.7 Å². The molecule has 0 bridgehead atoms. The van der Waals surface area contributed by atoms with Crippen LogP contribution in [0.1, 0.15) is 37.3 Å². The van der Waals surface area contributed by atoms with Gasteiger partial charge in [0.15, 0.2) is 5.96 Å². The van der Waals surface area contributed by atoms with Crippen molar-refractivity contribution < 1.29 is 9.15 Å². The molecular weight excluding hydrogens is 475 g/mol. The number of morpholine rings is 1. The predicted molar refractivity (Wildman–Crippen MR) is 123 cm³/mol. The van der Waals surface area contributed by atoms with Crippen molar-refractivity contribution in [3.8, 4) is 0 Å². The second kappa shape index (κ2) is 12.2. The smallest absolute Gasteiger partial charge is 0.191 e. The molecule has 2 atom stereocenters. The molecule has 2 unspecified atom stereocenters. The number of nitrogens with zero attached hydrogens (tertiary/aromatic N) is 2. The first-order chi connectivity index (χ1) is 12.8. The maximum Gasteiger partial charge on any atom is 0.191 e. The molecule has 3 rings (SSSR count). The maximum atomic E-state index is 5.94. The van der Waals surface area contributed by atoms with Crippen LogP contribution in [0.5, 0.6) is 0 Å². The van der Waals surface area contributed by atoms with E-state index in [9.17, 15) is 0 Å². The van der Waals surface area contributed by atoms with Crippen molar-refractivity contribution in [2.45, 2.75) is 38.0 Å². The van der Waals surface area contributed by atoms with Crippen LogP contribution in [-0.2, 0) is 4.74 Å². The van der Waals surface area contributed by atoms with Gasteiger partial charge in [0.05, 0.1) is 25.8 Å². The summed E-state index contributed by atoms with van der Waals surface area (Å²) in [6, 6.07) is 4.28. The van der Waals surface area contributed by atoms with Crippen molar-refractivity contribution in [2.24, 2.45) is 4.99 Å². The van der Waals surface area contributed by atoms with Gasteiger partial charge in [-0.05, 0) is 44.6 Å². The van der Waals surface area contributed by atoms with Crippen LogP contribution in [0.25, 0.3) is 0 Å². The SMILES string of the molecule is CCNC(=NCC(c1ccc(C)o1)N1CCOCC1)NCC1CCCS1.I. The van der Waals surface area contributed by atoms with E-state index in [0.717, 1.165) is 56.9 Å². The lowest BCUT2D eigenvalue weighted by atomic mass is 10.1. The van der Waals surface area contributed by atoms with E-state index in [0.29, 0.717) is 11.8 Å². The summed E-state index contributed by atoms with van der Waals surface area (Å²) >= 11 is 2.07. The van der Waals surface area contributed by atoms with E-state index in [1.54, 1.807) is 0 Å². The zero-order chi connectivity index (χ0) is 18.2. The van der Waals surface area contributed by atoms with Crippen LogP contribution < -0.4 is 10.6 Å². The van der Waals surface area contributed by atoms with Gasteiger partial charge in [-0.25, -0.2) is 0 Å². The van der Waals surface area contributed by atoms with Crippen LogP contribution in [0, 0.1) is 6.92 Å². The lowest BCUT2D eigenvalue weighted by molar-refractivity contribution is 0.0135. The summed E-state index contributed by atoms with van der Waals surface area (Å²) in [6.45, 7) is 10.0. The first kappa shape index (κ1) is 22.8. The molecule has 2 aliphatic heterocycles. The second-order valence-corrected chi connectivity index (χ2v) is 8.26. The molecule has 6 nitrogen and oxygen atoms in total. The highest BCUT2D eigenvalue weighted by atomic mass is 127. The largest absolute Gasteiger partial charge is 0.465 e. The minimum Gasteiger partial charge on any atom is -0.465 e. The van der Waals surface area contributed by atoms with Crippen molar-refractivity contribution in [1.82, 2.24) is 15.5 Å². The van der Waals surface area contributed by atoms with Gasteiger partial charge in [0.25, 0.3) is 0 Å². The first-order valence-corrected chi connectivity index (χ1v) is 10.8. The van der Waals surface area contributed by atoms with Gasteiger partial charge in [-0.3, -0.25) is 9.89 Å². The molecule has 0 amide bonds. The molecule has 0 spiro atoms. The number of aryl methyl sites for hydroxylation is 1. The Balaban J connectivity index is 0.00000261. The van der Waals surface area contributed by atoms with Crippen LogP contribution >= 0.6 is 35.7 Å². The van der Waals surface area contributed by atoms with Crippen LogP contribution in [0.4, 0.5) is 0 Å². The van der Waals surface area contributed by atoms with Gasteiger partial charge in [0.2, 0.25) is 0 Å². The van der Waals surface area contributed by atoms with E-state index >= 15 is 0 Å². The van der Waals surface area contributed by atoms with E-state index in [1.165, 1.54) is 18.6 Å². The molecule has 1 aromatic heterocycles. The Morgan fingerprint density at radius 1 is 1.33 bits per heavy atom. The van der Waals surface area contributed by atoms with Gasteiger partial charge in [-0.15, -0.1) is 24.0 Å². The van der Waals surface area contributed by atoms with Crippen molar-refractivity contribution in [3.63, 3.8) is 0 Å². The highest BCUT2D eigenvalue weighted by Gasteiger charge is 2.25. The van der Waals surface area contributed by atoms with Crippen LogP contribution in [0.2, 0.25) is 0 Å². The molecule has 8 heteroatoms. The number of halogens is 1. The molecule has 0 aromatic carbocycles. The van der Waals surface area contributed by atoms with Gasteiger partial charge in [0, 0.05) is 31.4 Å². The summed E-state index contributed by atoms with van der Waals surface area (Å²) < 4.78 is 11.5. The number of rotatable bonds is 7. The third kappa shape index (κ3) is 7.14. The van der Waals surface area contributed by atoms with Gasteiger partial charge in [-0.2, -0.15) is 11.8 Å². The van der Waals surface area contributed by atoms with E-state index in [2.05, 4.69) is 40.3 Å². The third-order valence-electron chi connectivity index (χ3n) is 4.86. The van der Waals surface area contributed by atoms with E-state index < -0.39 is 0 Å². The average Bonchev–Trinajstić information content (AvgIpc) is 3.32. The highest BCUT2D eigenvalue weighted by molar-refractivity contribution is 14.0. The summed E-state index contributed by atoms with van der Waals surface area (Å²) in [5.41, 5.74) is 0. The number of guanidine groups is 1. The second-order valence-electron chi connectivity index (χ2n) is 6.85. The Morgan fingerprint density at radius 3 is 2.78 bits per heavy atom. The fraction of sp³-hybridized carbons (Fsp3) is 0.737. The molecule has 1 aromatic rings. The number of hydrogen-bond donors (Lipinski definition) is 2. The number of ether oxygens (including phenoxy) is 1. The van der Waals surface area contributed by atoms with Gasteiger partial charge in [0.1, 0.15) is 11.5 Å². The summed E-state index contributed by atoms with van der Waals surface area (Å²) in [5.74, 6) is 4.14. The minimum absolute atomic E-state index is 0. The number of nitrogens with one attached hydrogen (secondary N) is 2. The lowest BCUT2D eigenvalue weighted by Crippen LogP contribution is -2.42. The van der Waals surface area contributed by atoms with Crippen LogP contribution in [-0.4, -0.2) is 67.8 Å². The quantitative estimate of drug-likeness (QED) is 0.336. The maximum absolute atomic E-state index is 5.94. The Bertz CT molecular complexity index is 572. The summed E-state index contributed by atoms with van der Waals surface area (Å²) in [4.78, 5) is 7.30. The van der Waals surface area contributed by atoms with Gasteiger partial charge < -0.3 is 19.8 Å². The zero-order valence-corrected chi connectivity index (χ0v) is 19.6. The predicted octanol–water partition coefficient (Wildman–Crippen LogP) is 3.03. The summed E-state index contributed by atoms with van der Waals surface area (Å²) in [7, 11) is 0. The number of aliphatic imine (C=N–C) groups is 1. The van der Waals surface area contributed by atoms with Gasteiger partial charge in [-0.1, -0.05) is 0 Å². The molecule has 2 N–H and O–H groups in total. The Labute approximate surface area is 184 Å². The average molecular weight is 508 g/mol. The van der Waals surface area contributed by atoms with Crippen LogP contribution in [0.15, 0.2) is 21.5 Å². The molecule has 0 aliphatic carbocycles. The molecule has 2 saturated heterocycles.